The summed E-state index contributed by atoms with van der Waals surface area (Å²) in [6.45, 7) is 4.76. The highest BCUT2D eigenvalue weighted by atomic mass is 19.1. The first-order valence-electron chi connectivity index (χ1n) is 10.5. The molecule has 0 saturated carbocycles. The van der Waals surface area contributed by atoms with Crippen molar-refractivity contribution in [3.8, 4) is 5.75 Å². The minimum Gasteiger partial charge on any atom is -0.494 e. The van der Waals surface area contributed by atoms with E-state index in [0.717, 1.165) is 43.7 Å². The molecule has 3 aromatic rings. The summed E-state index contributed by atoms with van der Waals surface area (Å²) in [5.41, 5.74) is 2.81. The van der Waals surface area contributed by atoms with Gasteiger partial charge in [-0.2, -0.15) is 0 Å². The van der Waals surface area contributed by atoms with Crippen molar-refractivity contribution in [2.24, 2.45) is 0 Å². The van der Waals surface area contributed by atoms with Crippen molar-refractivity contribution in [3.05, 3.63) is 65.6 Å². The molecule has 0 aliphatic carbocycles. The largest absolute Gasteiger partial charge is 0.494 e. The third-order valence-corrected chi connectivity index (χ3v) is 5.32. The lowest BCUT2D eigenvalue weighted by Gasteiger charge is -2.19. The summed E-state index contributed by atoms with van der Waals surface area (Å²) in [5, 5.41) is 3.99. The van der Waals surface area contributed by atoms with Crippen LogP contribution in [0.15, 0.2) is 48.7 Å². The van der Waals surface area contributed by atoms with Gasteiger partial charge in [-0.1, -0.05) is 19.1 Å². The van der Waals surface area contributed by atoms with Gasteiger partial charge >= 0.3 is 0 Å². The standard InChI is InChI=1S/C24H26FN3O2/c1-2-13-30-19-8-5-17(6-9-19)15-27-23-20-14-18(25)7-10-22(20)26-16-21(23)24(29)28-11-3-4-12-28/h5-10,14,16H,2-4,11-13,15H2,1H3,(H,26,27). The Kier molecular flexibility index (Phi) is 6.12. The summed E-state index contributed by atoms with van der Waals surface area (Å²) in [4.78, 5) is 19.3. The first-order chi connectivity index (χ1) is 14.7. The minimum atomic E-state index is -0.351. The Morgan fingerprint density at radius 1 is 1.17 bits per heavy atom. The number of aromatic nitrogens is 1. The Morgan fingerprint density at radius 3 is 2.67 bits per heavy atom. The number of fused-ring (bicyclic) bond motifs is 1. The number of halogens is 1. The molecule has 1 N–H and O–H groups in total. The molecule has 6 heteroatoms. The first kappa shape index (κ1) is 20.1. The van der Waals surface area contributed by atoms with E-state index in [2.05, 4.69) is 17.2 Å². The van der Waals surface area contributed by atoms with Crippen molar-refractivity contribution in [1.82, 2.24) is 9.88 Å². The number of rotatable bonds is 7. The van der Waals surface area contributed by atoms with Gasteiger partial charge in [0.05, 0.1) is 23.4 Å². The second kappa shape index (κ2) is 9.11. The van der Waals surface area contributed by atoms with Crippen LogP contribution in [-0.2, 0) is 6.54 Å². The number of hydrogen-bond acceptors (Lipinski definition) is 4. The Hall–Kier alpha value is -3.15. The maximum absolute atomic E-state index is 14.0. The van der Waals surface area contributed by atoms with Crippen molar-refractivity contribution >= 4 is 22.5 Å². The normalized spacial score (nSPS) is 13.6. The van der Waals surface area contributed by atoms with E-state index in [1.54, 1.807) is 12.3 Å². The molecular formula is C24H26FN3O2. The lowest BCUT2D eigenvalue weighted by molar-refractivity contribution is 0.0793. The third-order valence-electron chi connectivity index (χ3n) is 5.32. The fourth-order valence-electron chi connectivity index (χ4n) is 3.72. The van der Waals surface area contributed by atoms with E-state index >= 15 is 0 Å². The average molecular weight is 407 g/mol. The highest BCUT2D eigenvalue weighted by Crippen LogP contribution is 2.29. The number of nitrogens with zero attached hydrogens (tertiary/aromatic N) is 2. The molecule has 5 nitrogen and oxygen atoms in total. The van der Waals surface area contributed by atoms with Crippen LogP contribution < -0.4 is 10.1 Å². The maximum atomic E-state index is 14.0. The number of carbonyl (C=O) groups is 1. The Bertz CT molecular complexity index is 1030. The van der Waals surface area contributed by atoms with E-state index < -0.39 is 0 Å². The molecule has 1 fully saturated rings. The lowest BCUT2D eigenvalue weighted by atomic mass is 10.1. The predicted molar refractivity (Wildman–Crippen MR) is 116 cm³/mol. The number of anilines is 1. The Labute approximate surface area is 175 Å². The zero-order chi connectivity index (χ0) is 20.9. The molecule has 30 heavy (non-hydrogen) atoms. The number of hydrogen-bond donors (Lipinski definition) is 1. The molecule has 0 spiro atoms. The monoisotopic (exact) mass is 407 g/mol. The molecule has 1 aliphatic rings. The van der Waals surface area contributed by atoms with Gasteiger partial charge in [0.15, 0.2) is 0 Å². The van der Waals surface area contributed by atoms with E-state index in [0.29, 0.717) is 35.3 Å². The molecule has 0 radical (unpaired) electrons. The predicted octanol–water partition coefficient (Wildman–Crippen LogP) is 5.01. The van der Waals surface area contributed by atoms with Crippen LogP contribution in [0.4, 0.5) is 10.1 Å². The van der Waals surface area contributed by atoms with Crippen LogP contribution >= 0.6 is 0 Å². The highest BCUT2D eigenvalue weighted by molar-refractivity contribution is 6.07. The Balaban J connectivity index is 1.62. The van der Waals surface area contributed by atoms with Crippen molar-refractivity contribution in [3.63, 3.8) is 0 Å². The van der Waals surface area contributed by atoms with E-state index in [1.165, 1.54) is 12.1 Å². The topological polar surface area (TPSA) is 54.5 Å². The zero-order valence-corrected chi connectivity index (χ0v) is 17.2. The second-order valence-electron chi connectivity index (χ2n) is 7.55. The number of benzene rings is 2. The van der Waals surface area contributed by atoms with Crippen LogP contribution in [0.1, 0.15) is 42.1 Å². The summed E-state index contributed by atoms with van der Waals surface area (Å²) in [6.07, 6.45) is 4.58. The number of pyridine rings is 1. The van der Waals surface area contributed by atoms with Gasteiger partial charge in [0.1, 0.15) is 11.6 Å². The van der Waals surface area contributed by atoms with E-state index in [9.17, 15) is 9.18 Å². The van der Waals surface area contributed by atoms with E-state index in [4.69, 9.17) is 4.74 Å². The number of amides is 1. The van der Waals surface area contributed by atoms with Crippen LogP contribution in [-0.4, -0.2) is 35.5 Å². The smallest absolute Gasteiger partial charge is 0.257 e. The van der Waals surface area contributed by atoms with Crippen molar-refractivity contribution in [2.45, 2.75) is 32.7 Å². The van der Waals surface area contributed by atoms with Crippen LogP contribution in [0.5, 0.6) is 5.75 Å². The number of ether oxygens (including phenoxy) is 1. The fraction of sp³-hybridized carbons (Fsp3) is 0.333. The maximum Gasteiger partial charge on any atom is 0.257 e. The summed E-state index contributed by atoms with van der Waals surface area (Å²) in [6, 6.07) is 12.3. The molecule has 156 valence electrons. The molecule has 0 bridgehead atoms. The van der Waals surface area contributed by atoms with Crippen LogP contribution in [0, 0.1) is 5.82 Å². The van der Waals surface area contributed by atoms with Crippen LogP contribution in [0.2, 0.25) is 0 Å². The van der Waals surface area contributed by atoms with Gasteiger partial charge in [-0.05, 0) is 55.2 Å². The van der Waals surface area contributed by atoms with Gasteiger partial charge in [0.2, 0.25) is 0 Å². The summed E-state index contributed by atoms with van der Waals surface area (Å²) in [5.74, 6) is 0.425. The number of nitrogens with one attached hydrogen (secondary N) is 1. The van der Waals surface area contributed by atoms with Gasteiger partial charge in [-0.25, -0.2) is 4.39 Å². The van der Waals surface area contributed by atoms with Crippen molar-refractivity contribution in [2.75, 3.05) is 25.0 Å². The molecule has 1 amide bonds. The quantitative estimate of drug-likeness (QED) is 0.598. The Morgan fingerprint density at radius 2 is 1.93 bits per heavy atom. The zero-order valence-electron chi connectivity index (χ0n) is 17.2. The van der Waals surface area contributed by atoms with Crippen molar-refractivity contribution in [1.29, 1.82) is 0 Å². The van der Waals surface area contributed by atoms with Gasteiger partial charge in [-0.15, -0.1) is 0 Å². The molecule has 0 atom stereocenters. The molecule has 2 aromatic carbocycles. The van der Waals surface area contributed by atoms with Gasteiger partial charge in [-0.3, -0.25) is 9.78 Å². The highest BCUT2D eigenvalue weighted by Gasteiger charge is 2.23. The van der Waals surface area contributed by atoms with Gasteiger partial charge in [0, 0.05) is 31.2 Å². The average Bonchev–Trinajstić information content (AvgIpc) is 3.31. The second-order valence-corrected chi connectivity index (χ2v) is 7.55. The molecule has 0 unspecified atom stereocenters. The third kappa shape index (κ3) is 4.37. The molecule has 1 aromatic heterocycles. The SMILES string of the molecule is CCCOc1ccc(CNc2c(C(=O)N3CCCC3)cnc3ccc(F)cc23)cc1. The molecule has 4 rings (SSSR count). The van der Waals surface area contributed by atoms with Gasteiger partial charge in [0.25, 0.3) is 5.91 Å². The number of carbonyl (C=O) groups excluding carboxylic acids is 1. The molecule has 1 aliphatic heterocycles. The summed E-state index contributed by atoms with van der Waals surface area (Å²) in [7, 11) is 0. The van der Waals surface area contributed by atoms with E-state index in [-0.39, 0.29) is 11.7 Å². The number of likely N-dealkylation sites (tertiary alicyclic amines) is 1. The fourth-order valence-corrected chi connectivity index (χ4v) is 3.72. The van der Waals surface area contributed by atoms with Crippen molar-refractivity contribution < 1.29 is 13.9 Å². The van der Waals surface area contributed by atoms with E-state index in [1.807, 2.05) is 29.2 Å². The van der Waals surface area contributed by atoms with Gasteiger partial charge < -0.3 is 15.0 Å². The summed E-state index contributed by atoms with van der Waals surface area (Å²) >= 11 is 0. The summed E-state index contributed by atoms with van der Waals surface area (Å²) < 4.78 is 19.6. The van der Waals surface area contributed by atoms with Crippen LogP contribution in [0.3, 0.4) is 0 Å². The molecule has 2 heterocycles. The lowest BCUT2D eigenvalue weighted by Crippen LogP contribution is -2.28. The molecular weight excluding hydrogens is 381 g/mol. The van der Waals surface area contributed by atoms with Crippen LogP contribution in [0.25, 0.3) is 10.9 Å². The first-order valence-corrected chi connectivity index (χ1v) is 10.5. The minimum absolute atomic E-state index is 0.0584. The molecule has 1 saturated heterocycles.